The number of piperidine rings is 1. The Morgan fingerprint density at radius 2 is 1.89 bits per heavy atom. The highest BCUT2D eigenvalue weighted by Crippen LogP contribution is 2.36. The molecule has 5 rings (SSSR count). The van der Waals surface area contributed by atoms with E-state index in [9.17, 15) is 4.79 Å². The van der Waals surface area contributed by atoms with Crippen LogP contribution in [0.1, 0.15) is 24.4 Å². The van der Waals surface area contributed by atoms with Crippen molar-refractivity contribution < 1.29 is 9.18 Å². The number of fused-ring (bicyclic) bond motifs is 1. The van der Waals surface area contributed by atoms with Gasteiger partial charge in [-0.05, 0) is 62.7 Å². The van der Waals surface area contributed by atoms with Crippen LogP contribution in [0, 0.1) is 12.7 Å². The first-order valence-corrected chi connectivity index (χ1v) is 11.1. The molecule has 0 radical (unpaired) electrons. The second kappa shape index (κ2) is 11.1. The molecule has 9 nitrogen and oxygen atoms in total. The molecule has 2 aromatic heterocycles. The molecule has 0 saturated carbocycles. The first-order chi connectivity index (χ1) is 16.4. The average molecular weight is 533 g/mol. The number of carbonyl (C=O) groups is 1. The fourth-order valence-electron chi connectivity index (χ4n) is 4.49. The number of nitrogens with one attached hydrogen (secondary N) is 1. The van der Waals surface area contributed by atoms with Gasteiger partial charge in [0.15, 0.2) is 5.65 Å². The number of hydrogen-bond acceptors (Lipinski definition) is 6. The van der Waals surface area contributed by atoms with Crippen LogP contribution in [0.3, 0.4) is 0 Å². The van der Waals surface area contributed by atoms with Crippen LogP contribution in [-0.2, 0) is 0 Å². The van der Waals surface area contributed by atoms with Crippen LogP contribution in [0.15, 0.2) is 48.8 Å². The van der Waals surface area contributed by atoms with E-state index in [1.165, 1.54) is 18.5 Å². The normalized spacial score (nSPS) is 13.6. The van der Waals surface area contributed by atoms with Crippen molar-refractivity contribution in [1.82, 2.24) is 25.1 Å². The van der Waals surface area contributed by atoms with Crippen molar-refractivity contribution in [1.29, 1.82) is 0 Å². The van der Waals surface area contributed by atoms with Gasteiger partial charge in [-0.3, -0.25) is 4.90 Å². The van der Waals surface area contributed by atoms with E-state index in [4.69, 9.17) is 16.6 Å². The lowest BCUT2D eigenvalue weighted by Crippen LogP contribution is -2.32. The third kappa shape index (κ3) is 4.92. The van der Waals surface area contributed by atoms with Crippen molar-refractivity contribution >= 4 is 59.1 Å². The first kappa shape index (κ1) is 27.1. The standard InChI is InChI=1S/C24H25FN8O.2ClH/c1-14-3-2-4-17(11-14)32(24(27)34)19-6-5-15(12-18(19)25)21-20-22(26)29-13-30-23(20)33(31-21)16-7-9-28-10-8-16;;/h2-6,11-13,16,28H,7-10H2,1H3,(H2,27,34)(H2,26,29,30);2*1H. The minimum atomic E-state index is -0.782. The molecule has 0 bridgehead atoms. The minimum Gasteiger partial charge on any atom is -0.383 e. The second-order valence-corrected chi connectivity index (χ2v) is 8.41. The molecular formula is C24H27Cl2FN8O. The number of nitrogens with zero attached hydrogens (tertiary/aromatic N) is 5. The lowest BCUT2D eigenvalue weighted by atomic mass is 10.1. The van der Waals surface area contributed by atoms with E-state index in [-0.39, 0.29) is 42.4 Å². The van der Waals surface area contributed by atoms with Crippen LogP contribution in [-0.4, -0.2) is 38.9 Å². The van der Waals surface area contributed by atoms with Gasteiger partial charge in [0.2, 0.25) is 0 Å². The molecule has 12 heteroatoms. The molecule has 1 aliphatic heterocycles. The summed E-state index contributed by atoms with van der Waals surface area (Å²) in [5.41, 5.74) is 14.9. The maximum Gasteiger partial charge on any atom is 0.323 e. The van der Waals surface area contributed by atoms with Gasteiger partial charge < -0.3 is 16.8 Å². The van der Waals surface area contributed by atoms with Gasteiger partial charge in [-0.2, -0.15) is 5.10 Å². The third-order valence-corrected chi connectivity index (χ3v) is 6.11. The van der Waals surface area contributed by atoms with Gasteiger partial charge >= 0.3 is 6.03 Å². The van der Waals surface area contributed by atoms with Crippen LogP contribution in [0.25, 0.3) is 22.3 Å². The summed E-state index contributed by atoms with van der Waals surface area (Å²) in [5, 5.41) is 8.72. The molecule has 190 valence electrons. The van der Waals surface area contributed by atoms with Crippen molar-refractivity contribution in [2.45, 2.75) is 25.8 Å². The third-order valence-electron chi connectivity index (χ3n) is 6.11. The number of halogens is 3. The van der Waals surface area contributed by atoms with Crippen molar-refractivity contribution in [2.24, 2.45) is 5.73 Å². The molecule has 0 spiro atoms. The molecule has 0 aliphatic carbocycles. The molecule has 1 aliphatic rings. The Morgan fingerprint density at radius 1 is 1.14 bits per heavy atom. The number of aromatic nitrogens is 4. The van der Waals surface area contributed by atoms with E-state index in [2.05, 4.69) is 15.3 Å². The molecule has 0 atom stereocenters. The molecule has 0 unspecified atom stereocenters. The zero-order valence-electron chi connectivity index (χ0n) is 19.5. The molecule has 2 amide bonds. The number of carbonyl (C=O) groups excluding carboxylic acids is 1. The van der Waals surface area contributed by atoms with Gasteiger partial charge in [0.05, 0.1) is 22.8 Å². The summed E-state index contributed by atoms with van der Waals surface area (Å²) in [7, 11) is 0. The maximum atomic E-state index is 15.4. The Kier molecular flexibility index (Phi) is 8.34. The SMILES string of the molecule is Cc1cccc(N(C(N)=O)c2ccc(-c3nn(C4CCNCC4)c4ncnc(N)c34)cc2F)c1.Cl.Cl. The van der Waals surface area contributed by atoms with E-state index in [0.29, 0.717) is 28.0 Å². The number of nitrogens with two attached hydrogens (primary N) is 2. The smallest absolute Gasteiger partial charge is 0.323 e. The Balaban J connectivity index is 0.00000180. The van der Waals surface area contributed by atoms with Gasteiger partial charge in [0.1, 0.15) is 23.7 Å². The lowest BCUT2D eigenvalue weighted by molar-refractivity contribution is 0.256. The van der Waals surface area contributed by atoms with Gasteiger partial charge in [0.25, 0.3) is 0 Å². The molecular weight excluding hydrogens is 506 g/mol. The molecule has 5 N–H and O–H groups in total. The largest absolute Gasteiger partial charge is 0.383 e. The number of nitrogen functional groups attached to an aromatic ring is 1. The number of aryl methyl sites for hydroxylation is 1. The number of urea groups is 1. The Morgan fingerprint density at radius 3 is 2.56 bits per heavy atom. The topological polar surface area (TPSA) is 128 Å². The van der Waals surface area contributed by atoms with Gasteiger partial charge in [-0.15, -0.1) is 24.8 Å². The summed E-state index contributed by atoms with van der Waals surface area (Å²) in [6, 6.07) is 11.1. The van der Waals surface area contributed by atoms with Crippen molar-refractivity contribution in [2.75, 3.05) is 23.7 Å². The number of primary amides is 1. The number of hydrogen-bond donors (Lipinski definition) is 3. The van der Waals surface area contributed by atoms with Crippen LogP contribution in [0.5, 0.6) is 0 Å². The lowest BCUT2D eigenvalue weighted by Gasteiger charge is -2.23. The summed E-state index contributed by atoms with van der Waals surface area (Å²) >= 11 is 0. The second-order valence-electron chi connectivity index (χ2n) is 8.41. The molecule has 3 heterocycles. The van der Waals surface area contributed by atoms with Crippen LogP contribution < -0.4 is 21.7 Å². The zero-order chi connectivity index (χ0) is 23.8. The predicted octanol–water partition coefficient (Wildman–Crippen LogP) is 4.51. The van der Waals surface area contributed by atoms with E-state index >= 15 is 4.39 Å². The van der Waals surface area contributed by atoms with E-state index in [1.807, 2.05) is 17.7 Å². The molecule has 36 heavy (non-hydrogen) atoms. The Hall–Kier alpha value is -3.47. The van der Waals surface area contributed by atoms with Gasteiger partial charge in [0, 0.05) is 5.56 Å². The van der Waals surface area contributed by atoms with E-state index in [1.54, 1.807) is 24.3 Å². The Labute approximate surface area is 219 Å². The Bertz CT molecular complexity index is 1390. The number of anilines is 3. The number of rotatable bonds is 4. The zero-order valence-corrected chi connectivity index (χ0v) is 21.2. The van der Waals surface area contributed by atoms with Gasteiger partial charge in [-0.1, -0.05) is 18.2 Å². The highest BCUT2D eigenvalue weighted by Gasteiger charge is 2.25. The maximum absolute atomic E-state index is 15.4. The highest BCUT2D eigenvalue weighted by atomic mass is 35.5. The highest BCUT2D eigenvalue weighted by molar-refractivity contribution is 6.00. The number of amides is 2. The summed E-state index contributed by atoms with van der Waals surface area (Å²) < 4.78 is 17.3. The van der Waals surface area contributed by atoms with Crippen molar-refractivity contribution in [3.8, 4) is 11.3 Å². The quantitative estimate of drug-likeness (QED) is 0.354. The predicted molar refractivity (Wildman–Crippen MR) is 144 cm³/mol. The summed E-state index contributed by atoms with van der Waals surface area (Å²) in [4.78, 5) is 21.9. The molecule has 1 saturated heterocycles. The summed E-state index contributed by atoms with van der Waals surface area (Å²) in [6.07, 6.45) is 3.21. The first-order valence-electron chi connectivity index (χ1n) is 11.1. The van der Waals surface area contributed by atoms with Crippen LogP contribution in [0.2, 0.25) is 0 Å². The van der Waals surface area contributed by atoms with Crippen LogP contribution in [0.4, 0.5) is 26.4 Å². The monoisotopic (exact) mass is 532 g/mol. The van der Waals surface area contributed by atoms with E-state index < -0.39 is 11.8 Å². The summed E-state index contributed by atoms with van der Waals surface area (Å²) in [5.74, 6) is -0.332. The fraction of sp³-hybridized carbons (Fsp3) is 0.250. The van der Waals surface area contributed by atoms with Crippen LogP contribution >= 0.6 is 24.8 Å². The van der Waals surface area contributed by atoms with Crippen molar-refractivity contribution in [3.63, 3.8) is 0 Å². The molecule has 4 aromatic rings. The number of benzene rings is 2. The van der Waals surface area contributed by atoms with E-state index in [0.717, 1.165) is 36.4 Å². The molecule has 2 aromatic carbocycles. The minimum absolute atomic E-state index is 0. The van der Waals surface area contributed by atoms with Crippen molar-refractivity contribution in [3.05, 3.63) is 60.2 Å². The fourth-order valence-corrected chi connectivity index (χ4v) is 4.49. The average Bonchev–Trinajstić information content (AvgIpc) is 3.22. The molecule has 1 fully saturated rings. The van der Waals surface area contributed by atoms with Gasteiger partial charge in [-0.25, -0.2) is 23.8 Å². The summed E-state index contributed by atoms with van der Waals surface area (Å²) in [6.45, 7) is 3.65.